The summed E-state index contributed by atoms with van der Waals surface area (Å²) in [7, 11) is 0. The normalized spacial score (nSPS) is 12.1. The molecule has 0 aliphatic carbocycles. The molecule has 0 spiro atoms. The Morgan fingerprint density at radius 1 is 1.21 bits per heavy atom. The fourth-order valence-corrected chi connectivity index (χ4v) is 1.86. The first-order valence-electron chi connectivity index (χ1n) is 6.49. The van der Waals surface area contributed by atoms with E-state index in [0.29, 0.717) is 19.1 Å². The van der Waals surface area contributed by atoms with Crippen LogP contribution in [-0.2, 0) is 4.74 Å². The number of aryl methyl sites for hydroxylation is 1. The van der Waals surface area contributed by atoms with E-state index in [1.807, 2.05) is 38.1 Å². The molecular formula is C15H19N3O. The molecule has 100 valence electrons. The van der Waals surface area contributed by atoms with Crippen LogP contribution in [0.5, 0.6) is 0 Å². The highest BCUT2D eigenvalue weighted by Crippen LogP contribution is 2.17. The van der Waals surface area contributed by atoms with Crippen molar-refractivity contribution in [3.05, 3.63) is 53.9 Å². The molecule has 0 aliphatic rings. The van der Waals surface area contributed by atoms with Crippen LogP contribution < -0.4 is 5.32 Å². The second kappa shape index (κ2) is 6.85. The summed E-state index contributed by atoms with van der Waals surface area (Å²) < 4.78 is 5.76. The molecule has 1 aromatic carbocycles. The predicted octanol–water partition coefficient (Wildman–Crippen LogP) is 2.97. The lowest BCUT2D eigenvalue weighted by molar-refractivity contribution is 0.0718. The van der Waals surface area contributed by atoms with Crippen LogP contribution in [0, 0.1) is 6.92 Å². The van der Waals surface area contributed by atoms with Gasteiger partial charge in [-0.15, -0.1) is 0 Å². The van der Waals surface area contributed by atoms with Gasteiger partial charge in [0.25, 0.3) is 0 Å². The average molecular weight is 257 g/mol. The maximum Gasteiger partial charge on any atom is 0.222 e. The third-order valence-electron chi connectivity index (χ3n) is 2.78. The first-order valence-corrected chi connectivity index (χ1v) is 6.49. The van der Waals surface area contributed by atoms with Gasteiger partial charge in [0.1, 0.15) is 0 Å². The number of hydrogen-bond donors (Lipinski definition) is 1. The lowest BCUT2D eigenvalue weighted by Crippen LogP contribution is -2.17. The molecule has 2 rings (SSSR count). The van der Waals surface area contributed by atoms with Crippen molar-refractivity contribution in [2.24, 2.45) is 0 Å². The molecule has 0 saturated carbocycles. The summed E-state index contributed by atoms with van der Waals surface area (Å²) in [5, 5.41) is 3.22. The summed E-state index contributed by atoms with van der Waals surface area (Å²) in [5.41, 5.74) is 2.11. The highest BCUT2D eigenvalue weighted by molar-refractivity contribution is 5.27. The average Bonchev–Trinajstić information content (AvgIpc) is 2.44. The number of aromatic nitrogens is 2. The van der Waals surface area contributed by atoms with Crippen LogP contribution in [0.1, 0.15) is 24.3 Å². The number of anilines is 1. The van der Waals surface area contributed by atoms with Gasteiger partial charge in [0.2, 0.25) is 5.95 Å². The first kappa shape index (κ1) is 13.5. The quantitative estimate of drug-likeness (QED) is 0.864. The van der Waals surface area contributed by atoms with E-state index in [4.69, 9.17) is 4.74 Å². The Labute approximate surface area is 113 Å². The number of hydrogen-bond acceptors (Lipinski definition) is 4. The number of ether oxygens (including phenoxy) is 1. The van der Waals surface area contributed by atoms with E-state index >= 15 is 0 Å². The Bertz CT molecular complexity index is 502. The highest BCUT2D eigenvalue weighted by Gasteiger charge is 2.11. The maximum absolute atomic E-state index is 5.76. The Hall–Kier alpha value is -1.94. The molecule has 0 saturated heterocycles. The number of rotatable bonds is 6. The molecule has 1 heterocycles. The molecule has 1 N–H and O–H groups in total. The van der Waals surface area contributed by atoms with Gasteiger partial charge in [-0.2, -0.15) is 0 Å². The monoisotopic (exact) mass is 257 g/mol. The number of nitrogens with zero attached hydrogens (tertiary/aromatic N) is 2. The van der Waals surface area contributed by atoms with E-state index in [1.165, 1.54) is 0 Å². The predicted molar refractivity (Wildman–Crippen MR) is 76.1 cm³/mol. The third-order valence-corrected chi connectivity index (χ3v) is 2.78. The van der Waals surface area contributed by atoms with Gasteiger partial charge in [-0.05, 0) is 25.5 Å². The van der Waals surface area contributed by atoms with Gasteiger partial charge in [0, 0.05) is 25.0 Å². The van der Waals surface area contributed by atoms with Crippen LogP contribution in [0.3, 0.4) is 0 Å². The lowest BCUT2D eigenvalue weighted by Gasteiger charge is -2.18. The molecule has 2 aromatic rings. The van der Waals surface area contributed by atoms with Crippen LogP contribution >= 0.6 is 0 Å². The smallest absolute Gasteiger partial charge is 0.222 e. The molecule has 4 nitrogen and oxygen atoms in total. The van der Waals surface area contributed by atoms with E-state index in [2.05, 4.69) is 27.4 Å². The molecule has 0 amide bonds. The van der Waals surface area contributed by atoms with Crippen LogP contribution in [-0.4, -0.2) is 23.1 Å². The van der Waals surface area contributed by atoms with Crippen molar-refractivity contribution in [2.45, 2.75) is 20.0 Å². The van der Waals surface area contributed by atoms with E-state index in [-0.39, 0.29) is 6.10 Å². The molecule has 19 heavy (non-hydrogen) atoms. The van der Waals surface area contributed by atoms with Gasteiger partial charge in [0.15, 0.2) is 0 Å². The zero-order chi connectivity index (χ0) is 13.5. The minimum atomic E-state index is 0.00955. The number of benzene rings is 1. The molecule has 0 fully saturated rings. The molecule has 0 aliphatic heterocycles. The van der Waals surface area contributed by atoms with Crippen molar-refractivity contribution in [1.29, 1.82) is 0 Å². The lowest BCUT2D eigenvalue weighted by atomic mass is 10.1. The summed E-state index contributed by atoms with van der Waals surface area (Å²) in [6.45, 7) is 5.28. The summed E-state index contributed by atoms with van der Waals surface area (Å²) in [6.07, 6.45) is 1.76. The summed E-state index contributed by atoms with van der Waals surface area (Å²) >= 11 is 0. The van der Waals surface area contributed by atoms with Crippen molar-refractivity contribution < 1.29 is 4.74 Å². The summed E-state index contributed by atoms with van der Waals surface area (Å²) in [6, 6.07) is 12.1. The second-order valence-corrected chi connectivity index (χ2v) is 4.26. The molecule has 1 unspecified atom stereocenters. The number of nitrogens with one attached hydrogen (secondary N) is 1. The third kappa shape index (κ3) is 4.03. The van der Waals surface area contributed by atoms with Crippen LogP contribution in [0.15, 0.2) is 42.6 Å². The van der Waals surface area contributed by atoms with E-state index < -0.39 is 0 Å². The van der Waals surface area contributed by atoms with Crippen molar-refractivity contribution in [3.8, 4) is 0 Å². The van der Waals surface area contributed by atoms with Crippen LogP contribution in [0.4, 0.5) is 5.95 Å². The zero-order valence-corrected chi connectivity index (χ0v) is 11.3. The largest absolute Gasteiger partial charge is 0.372 e. The van der Waals surface area contributed by atoms with Gasteiger partial charge >= 0.3 is 0 Å². The first-order chi connectivity index (χ1) is 9.29. The van der Waals surface area contributed by atoms with Gasteiger partial charge in [0.05, 0.1) is 6.10 Å². The summed E-state index contributed by atoms with van der Waals surface area (Å²) in [5.74, 6) is 0.639. The molecule has 0 radical (unpaired) electrons. The minimum absolute atomic E-state index is 0.00955. The van der Waals surface area contributed by atoms with Crippen molar-refractivity contribution >= 4 is 5.95 Å². The highest BCUT2D eigenvalue weighted by atomic mass is 16.5. The Kier molecular flexibility index (Phi) is 4.86. The molecular weight excluding hydrogens is 238 g/mol. The van der Waals surface area contributed by atoms with E-state index in [0.717, 1.165) is 11.3 Å². The Morgan fingerprint density at radius 3 is 2.68 bits per heavy atom. The molecule has 0 bridgehead atoms. The van der Waals surface area contributed by atoms with Crippen molar-refractivity contribution in [2.75, 3.05) is 18.5 Å². The van der Waals surface area contributed by atoms with Crippen molar-refractivity contribution in [3.63, 3.8) is 0 Å². The Balaban J connectivity index is 2.01. The zero-order valence-electron chi connectivity index (χ0n) is 11.3. The molecule has 4 heteroatoms. The fraction of sp³-hybridized carbons (Fsp3) is 0.333. The SMILES string of the molecule is CCOC(CNc1nccc(C)n1)c1ccccc1. The van der Waals surface area contributed by atoms with E-state index in [1.54, 1.807) is 6.20 Å². The van der Waals surface area contributed by atoms with Crippen LogP contribution in [0.25, 0.3) is 0 Å². The molecule has 1 atom stereocenters. The summed E-state index contributed by atoms with van der Waals surface area (Å²) in [4.78, 5) is 8.51. The standard InChI is InChI=1S/C15H19N3O/c1-3-19-14(13-7-5-4-6-8-13)11-17-15-16-10-9-12(2)18-15/h4-10,14H,3,11H2,1-2H3,(H,16,17,18). The Morgan fingerprint density at radius 2 is 2.00 bits per heavy atom. The van der Waals surface area contributed by atoms with Gasteiger partial charge in [-0.1, -0.05) is 30.3 Å². The fourth-order valence-electron chi connectivity index (χ4n) is 1.86. The van der Waals surface area contributed by atoms with Gasteiger partial charge < -0.3 is 10.1 Å². The molecule has 1 aromatic heterocycles. The van der Waals surface area contributed by atoms with Gasteiger partial charge in [-0.25, -0.2) is 9.97 Å². The topological polar surface area (TPSA) is 47.0 Å². The van der Waals surface area contributed by atoms with Crippen molar-refractivity contribution in [1.82, 2.24) is 9.97 Å². The van der Waals surface area contributed by atoms with Crippen LogP contribution in [0.2, 0.25) is 0 Å². The maximum atomic E-state index is 5.76. The minimum Gasteiger partial charge on any atom is -0.372 e. The van der Waals surface area contributed by atoms with E-state index in [9.17, 15) is 0 Å². The van der Waals surface area contributed by atoms with Gasteiger partial charge in [-0.3, -0.25) is 0 Å². The second-order valence-electron chi connectivity index (χ2n) is 4.26.